The number of rotatable bonds is 0. The summed E-state index contributed by atoms with van der Waals surface area (Å²) in [6.45, 7) is 0. The second-order valence-electron chi connectivity index (χ2n) is 2.72. The Morgan fingerprint density at radius 3 is 3.00 bits per heavy atom. The molecule has 0 spiro atoms. The summed E-state index contributed by atoms with van der Waals surface area (Å²) in [4.78, 5) is 4.01. The quantitative estimate of drug-likeness (QED) is 0.517. The van der Waals surface area contributed by atoms with Gasteiger partial charge in [0.15, 0.2) is 5.58 Å². The minimum Gasteiger partial charge on any atom is -0.454 e. The zero-order valence-electron chi connectivity index (χ0n) is 6.64. The molecular formula is C9H5N3O. The van der Waals surface area contributed by atoms with E-state index in [0.717, 1.165) is 22.1 Å². The van der Waals surface area contributed by atoms with Crippen molar-refractivity contribution in [3.05, 3.63) is 30.7 Å². The zero-order valence-corrected chi connectivity index (χ0v) is 6.64. The normalized spacial score (nSPS) is 11.1. The summed E-state index contributed by atoms with van der Waals surface area (Å²) in [6, 6.07) is 3.61. The Kier molecular flexibility index (Phi) is 1.14. The van der Waals surface area contributed by atoms with Crippen molar-refractivity contribution in [2.45, 2.75) is 0 Å². The van der Waals surface area contributed by atoms with Crippen LogP contribution in [0.25, 0.3) is 22.1 Å². The minimum absolute atomic E-state index is 0.748. The topological polar surface area (TPSA) is 51.8 Å². The molecule has 0 saturated heterocycles. The highest BCUT2D eigenvalue weighted by Gasteiger charge is 2.06. The number of nitrogens with zero attached hydrogens (tertiary/aromatic N) is 3. The summed E-state index contributed by atoms with van der Waals surface area (Å²) >= 11 is 0. The van der Waals surface area contributed by atoms with Crippen LogP contribution >= 0.6 is 0 Å². The van der Waals surface area contributed by atoms with Crippen LogP contribution < -0.4 is 0 Å². The molecule has 0 fully saturated rings. The SMILES string of the molecule is c1cc2oc3ccnnc3c2cn1. The molecule has 0 saturated carbocycles. The summed E-state index contributed by atoms with van der Waals surface area (Å²) in [6.07, 6.45) is 5.03. The molecule has 4 heteroatoms. The molecule has 0 N–H and O–H groups in total. The molecule has 3 aromatic heterocycles. The van der Waals surface area contributed by atoms with Gasteiger partial charge < -0.3 is 4.42 Å². The van der Waals surface area contributed by atoms with Crippen LogP contribution in [0.3, 0.4) is 0 Å². The lowest BCUT2D eigenvalue weighted by Crippen LogP contribution is -1.77. The maximum Gasteiger partial charge on any atom is 0.157 e. The highest BCUT2D eigenvalue weighted by molar-refractivity contribution is 6.01. The van der Waals surface area contributed by atoms with E-state index in [-0.39, 0.29) is 0 Å². The predicted octanol–water partition coefficient (Wildman–Crippen LogP) is 1.77. The van der Waals surface area contributed by atoms with Gasteiger partial charge in [-0.2, -0.15) is 5.10 Å². The lowest BCUT2D eigenvalue weighted by molar-refractivity contribution is 0.666. The van der Waals surface area contributed by atoms with Crippen LogP contribution in [0.2, 0.25) is 0 Å². The molecule has 4 nitrogen and oxygen atoms in total. The molecule has 0 radical (unpaired) electrons. The molecular weight excluding hydrogens is 166 g/mol. The van der Waals surface area contributed by atoms with Crippen LogP contribution in [0.4, 0.5) is 0 Å². The third kappa shape index (κ3) is 0.823. The third-order valence-corrected chi connectivity index (χ3v) is 1.94. The second kappa shape index (κ2) is 2.26. The van der Waals surface area contributed by atoms with Gasteiger partial charge in [-0.15, -0.1) is 5.10 Å². The lowest BCUT2D eigenvalue weighted by atomic mass is 10.3. The molecule has 62 valence electrons. The molecule has 0 atom stereocenters. The largest absolute Gasteiger partial charge is 0.454 e. The average Bonchev–Trinajstić information content (AvgIpc) is 2.56. The molecule has 0 aliphatic heterocycles. The maximum absolute atomic E-state index is 5.51. The van der Waals surface area contributed by atoms with E-state index in [4.69, 9.17) is 4.42 Å². The molecule has 0 unspecified atom stereocenters. The van der Waals surface area contributed by atoms with Crippen molar-refractivity contribution in [2.75, 3.05) is 0 Å². The van der Waals surface area contributed by atoms with E-state index in [1.54, 1.807) is 24.7 Å². The van der Waals surface area contributed by atoms with Gasteiger partial charge in [-0.05, 0) is 6.07 Å². The van der Waals surface area contributed by atoms with Crippen LogP contribution in [0.15, 0.2) is 35.1 Å². The van der Waals surface area contributed by atoms with Gasteiger partial charge in [0, 0.05) is 18.5 Å². The smallest absolute Gasteiger partial charge is 0.157 e. The van der Waals surface area contributed by atoms with Crippen LogP contribution in [0.1, 0.15) is 0 Å². The van der Waals surface area contributed by atoms with Crippen molar-refractivity contribution in [1.82, 2.24) is 15.2 Å². The molecule has 3 heterocycles. The van der Waals surface area contributed by atoms with Crippen LogP contribution in [0, 0.1) is 0 Å². The van der Waals surface area contributed by atoms with E-state index in [1.807, 2.05) is 6.07 Å². The van der Waals surface area contributed by atoms with Gasteiger partial charge in [-0.25, -0.2) is 0 Å². The van der Waals surface area contributed by atoms with E-state index in [2.05, 4.69) is 15.2 Å². The maximum atomic E-state index is 5.51. The first kappa shape index (κ1) is 6.54. The minimum atomic E-state index is 0.748. The Balaban J connectivity index is 2.64. The number of pyridine rings is 1. The van der Waals surface area contributed by atoms with Gasteiger partial charge in [0.05, 0.1) is 11.6 Å². The fourth-order valence-corrected chi connectivity index (χ4v) is 1.36. The monoisotopic (exact) mass is 171 g/mol. The summed E-state index contributed by atoms with van der Waals surface area (Å²) in [5.41, 5.74) is 2.31. The highest BCUT2D eigenvalue weighted by Crippen LogP contribution is 2.24. The summed E-state index contributed by atoms with van der Waals surface area (Å²) in [7, 11) is 0. The predicted molar refractivity (Wildman–Crippen MR) is 47.1 cm³/mol. The third-order valence-electron chi connectivity index (χ3n) is 1.94. The zero-order chi connectivity index (χ0) is 8.67. The molecule has 0 aromatic carbocycles. The van der Waals surface area contributed by atoms with Gasteiger partial charge in [0.1, 0.15) is 11.1 Å². The number of aromatic nitrogens is 3. The van der Waals surface area contributed by atoms with Gasteiger partial charge >= 0.3 is 0 Å². The Morgan fingerprint density at radius 1 is 1.08 bits per heavy atom. The van der Waals surface area contributed by atoms with Crippen LogP contribution in [-0.2, 0) is 0 Å². The van der Waals surface area contributed by atoms with Gasteiger partial charge in [-0.3, -0.25) is 4.98 Å². The van der Waals surface area contributed by atoms with Crippen molar-refractivity contribution < 1.29 is 4.42 Å². The van der Waals surface area contributed by atoms with Crippen molar-refractivity contribution >= 4 is 22.1 Å². The molecule has 0 aliphatic carbocycles. The van der Waals surface area contributed by atoms with E-state index < -0.39 is 0 Å². The van der Waals surface area contributed by atoms with E-state index in [0.29, 0.717) is 0 Å². The standard InChI is InChI=1S/C9H5N3O/c1-3-10-5-6-7(1)13-8-2-4-11-12-9(6)8/h1-5H. The van der Waals surface area contributed by atoms with Gasteiger partial charge in [0.2, 0.25) is 0 Å². The molecule has 0 aliphatic rings. The molecule has 3 aromatic rings. The second-order valence-corrected chi connectivity index (χ2v) is 2.72. The van der Waals surface area contributed by atoms with Crippen molar-refractivity contribution in [1.29, 1.82) is 0 Å². The Morgan fingerprint density at radius 2 is 2.00 bits per heavy atom. The number of hydrogen-bond acceptors (Lipinski definition) is 4. The molecule has 3 rings (SSSR count). The Hall–Kier alpha value is -1.97. The van der Waals surface area contributed by atoms with Crippen molar-refractivity contribution in [2.24, 2.45) is 0 Å². The Bertz CT molecular complexity index is 523. The average molecular weight is 171 g/mol. The van der Waals surface area contributed by atoms with Crippen LogP contribution in [0.5, 0.6) is 0 Å². The first-order valence-electron chi connectivity index (χ1n) is 3.89. The number of hydrogen-bond donors (Lipinski definition) is 0. The van der Waals surface area contributed by atoms with Crippen molar-refractivity contribution in [3.8, 4) is 0 Å². The highest BCUT2D eigenvalue weighted by atomic mass is 16.3. The van der Waals surface area contributed by atoms with E-state index >= 15 is 0 Å². The number of furan rings is 1. The molecule has 0 amide bonds. The fourth-order valence-electron chi connectivity index (χ4n) is 1.36. The lowest BCUT2D eigenvalue weighted by Gasteiger charge is -1.83. The molecule has 13 heavy (non-hydrogen) atoms. The molecule has 0 bridgehead atoms. The van der Waals surface area contributed by atoms with Gasteiger partial charge in [0.25, 0.3) is 0 Å². The first-order chi connectivity index (χ1) is 6.45. The van der Waals surface area contributed by atoms with Crippen LogP contribution in [-0.4, -0.2) is 15.2 Å². The number of fused-ring (bicyclic) bond motifs is 3. The summed E-state index contributed by atoms with van der Waals surface area (Å²) in [5.74, 6) is 0. The van der Waals surface area contributed by atoms with Gasteiger partial charge in [-0.1, -0.05) is 0 Å². The van der Waals surface area contributed by atoms with Crippen molar-refractivity contribution in [3.63, 3.8) is 0 Å². The van der Waals surface area contributed by atoms with E-state index in [1.165, 1.54) is 0 Å². The summed E-state index contributed by atoms with van der Waals surface area (Å²) < 4.78 is 5.51. The fraction of sp³-hybridized carbons (Fsp3) is 0. The first-order valence-corrected chi connectivity index (χ1v) is 3.89. The van der Waals surface area contributed by atoms with E-state index in [9.17, 15) is 0 Å². The Labute approximate surface area is 73.2 Å². The summed E-state index contributed by atoms with van der Waals surface area (Å²) in [5, 5.41) is 8.69.